The molecule has 1 spiro atoms. The van der Waals surface area contributed by atoms with E-state index < -0.39 is 17.8 Å². The van der Waals surface area contributed by atoms with E-state index in [1.807, 2.05) is 37.3 Å². The quantitative estimate of drug-likeness (QED) is 0.743. The SMILES string of the molecule is Cc1[nH]c(-c2ccccc2)nc1C(=O)N1CCC2(CC1)C[C@@H](O)[C@@H](O)CO2. The van der Waals surface area contributed by atoms with Gasteiger partial charge in [0.05, 0.1) is 18.3 Å². The minimum absolute atomic E-state index is 0.0860. The summed E-state index contributed by atoms with van der Waals surface area (Å²) in [4.78, 5) is 22.5. The number of ether oxygens (including phenoxy) is 1. The number of imidazole rings is 1. The van der Waals surface area contributed by atoms with Gasteiger partial charge in [-0.3, -0.25) is 4.79 Å². The van der Waals surface area contributed by atoms with E-state index in [0.717, 1.165) is 11.3 Å². The molecule has 3 N–H and O–H groups in total. The first-order valence-corrected chi connectivity index (χ1v) is 9.39. The highest BCUT2D eigenvalue weighted by Crippen LogP contribution is 2.35. The zero-order chi connectivity index (χ0) is 19.0. The van der Waals surface area contributed by atoms with Crippen molar-refractivity contribution < 1.29 is 19.7 Å². The van der Waals surface area contributed by atoms with Gasteiger partial charge in [0.25, 0.3) is 5.91 Å². The molecule has 2 fully saturated rings. The minimum Gasteiger partial charge on any atom is -0.390 e. The number of likely N-dealkylation sites (tertiary alicyclic amines) is 1. The average Bonchev–Trinajstić information content (AvgIpc) is 3.08. The second kappa shape index (κ2) is 7.07. The Hall–Kier alpha value is -2.22. The lowest BCUT2D eigenvalue weighted by Crippen LogP contribution is -2.55. The molecule has 2 aliphatic rings. The van der Waals surface area contributed by atoms with E-state index in [4.69, 9.17) is 4.74 Å². The zero-order valence-electron chi connectivity index (χ0n) is 15.4. The lowest BCUT2D eigenvalue weighted by Gasteiger charge is -2.46. The van der Waals surface area contributed by atoms with Gasteiger partial charge in [0.2, 0.25) is 0 Å². The van der Waals surface area contributed by atoms with Crippen LogP contribution in [0.25, 0.3) is 11.4 Å². The number of aromatic nitrogens is 2. The van der Waals surface area contributed by atoms with Crippen LogP contribution in [0.15, 0.2) is 30.3 Å². The van der Waals surface area contributed by atoms with Crippen LogP contribution in [0, 0.1) is 6.92 Å². The monoisotopic (exact) mass is 371 g/mol. The van der Waals surface area contributed by atoms with Crippen molar-refractivity contribution in [2.45, 2.75) is 44.0 Å². The molecule has 1 aromatic carbocycles. The molecule has 144 valence electrons. The number of aliphatic hydroxyl groups is 2. The lowest BCUT2D eigenvalue weighted by atomic mass is 9.82. The second-order valence-electron chi connectivity index (χ2n) is 7.55. The highest BCUT2D eigenvalue weighted by atomic mass is 16.5. The van der Waals surface area contributed by atoms with Gasteiger partial charge in [0, 0.05) is 30.8 Å². The van der Waals surface area contributed by atoms with Crippen LogP contribution in [0.5, 0.6) is 0 Å². The van der Waals surface area contributed by atoms with E-state index in [0.29, 0.717) is 43.9 Å². The second-order valence-corrected chi connectivity index (χ2v) is 7.55. The summed E-state index contributed by atoms with van der Waals surface area (Å²) in [6.45, 7) is 3.11. The smallest absolute Gasteiger partial charge is 0.274 e. The molecule has 7 nitrogen and oxygen atoms in total. The number of hydrogen-bond donors (Lipinski definition) is 3. The third kappa shape index (κ3) is 3.50. The number of aryl methyl sites for hydroxylation is 1. The normalized spacial score (nSPS) is 24.9. The number of carbonyl (C=O) groups is 1. The van der Waals surface area contributed by atoms with Gasteiger partial charge >= 0.3 is 0 Å². The number of nitrogens with zero attached hydrogens (tertiary/aromatic N) is 2. The maximum atomic E-state index is 13.0. The molecular formula is C20H25N3O4. The number of piperidine rings is 1. The largest absolute Gasteiger partial charge is 0.390 e. The Morgan fingerprint density at radius 1 is 1.22 bits per heavy atom. The number of carbonyl (C=O) groups excluding carboxylic acids is 1. The van der Waals surface area contributed by atoms with E-state index in [1.54, 1.807) is 4.90 Å². The fraction of sp³-hybridized carbons (Fsp3) is 0.500. The zero-order valence-corrected chi connectivity index (χ0v) is 15.4. The van der Waals surface area contributed by atoms with Gasteiger partial charge in [-0.25, -0.2) is 4.98 Å². The molecule has 2 aromatic rings. The topological polar surface area (TPSA) is 98.7 Å². The first-order chi connectivity index (χ1) is 13.0. The molecule has 1 amide bonds. The van der Waals surface area contributed by atoms with Crippen LogP contribution in [0.4, 0.5) is 0 Å². The van der Waals surface area contributed by atoms with Crippen molar-refractivity contribution in [2.24, 2.45) is 0 Å². The number of aromatic amines is 1. The van der Waals surface area contributed by atoms with E-state index in [2.05, 4.69) is 9.97 Å². The first kappa shape index (κ1) is 18.2. The molecular weight excluding hydrogens is 346 g/mol. The minimum atomic E-state index is -0.821. The Kier molecular flexibility index (Phi) is 4.75. The molecule has 7 heteroatoms. The van der Waals surface area contributed by atoms with E-state index >= 15 is 0 Å². The molecule has 2 saturated heterocycles. The van der Waals surface area contributed by atoms with Crippen molar-refractivity contribution in [1.29, 1.82) is 0 Å². The molecule has 4 rings (SSSR count). The third-order valence-electron chi connectivity index (χ3n) is 5.68. The molecule has 2 atom stereocenters. The summed E-state index contributed by atoms with van der Waals surface area (Å²) < 4.78 is 5.84. The molecule has 1 aromatic heterocycles. The number of nitrogens with one attached hydrogen (secondary N) is 1. The van der Waals surface area contributed by atoms with Crippen molar-refractivity contribution >= 4 is 5.91 Å². The highest BCUT2D eigenvalue weighted by Gasteiger charge is 2.43. The van der Waals surface area contributed by atoms with Crippen LogP contribution < -0.4 is 0 Å². The molecule has 0 bridgehead atoms. The highest BCUT2D eigenvalue weighted by molar-refractivity contribution is 5.94. The van der Waals surface area contributed by atoms with Gasteiger partial charge in [-0.05, 0) is 19.8 Å². The summed E-state index contributed by atoms with van der Waals surface area (Å²) in [5.41, 5.74) is 1.71. The molecule has 27 heavy (non-hydrogen) atoms. The number of aliphatic hydroxyl groups excluding tert-OH is 2. The number of benzene rings is 1. The number of H-pyrrole nitrogens is 1. The molecule has 3 heterocycles. The Balaban J connectivity index is 1.45. The van der Waals surface area contributed by atoms with Gasteiger partial charge in [-0.15, -0.1) is 0 Å². The summed E-state index contributed by atoms with van der Waals surface area (Å²) in [7, 11) is 0. The summed E-state index contributed by atoms with van der Waals surface area (Å²) in [5.74, 6) is 0.606. The van der Waals surface area contributed by atoms with Crippen LogP contribution in [-0.2, 0) is 4.74 Å². The third-order valence-corrected chi connectivity index (χ3v) is 5.68. The van der Waals surface area contributed by atoms with Gasteiger partial charge in [0.1, 0.15) is 17.6 Å². The van der Waals surface area contributed by atoms with Gasteiger partial charge in [-0.2, -0.15) is 0 Å². The van der Waals surface area contributed by atoms with Crippen LogP contribution >= 0.6 is 0 Å². The molecule has 0 unspecified atom stereocenters. The van der Waals surface area contributed by atoms with Crippen LogP contribution in [0.3, 0.4) is 0 Å². The molecule has 0 radical (unpaired) electrons. The standard InChI is InChI=1S/C20H25N3O4/c1-13-17(22-18(21-13)14-5-3-2-4-6-14)19(26)23-9-7-20(8-10-23)11-15(24)16(25)12-27-20/h2-6,15-16,24-25H,7-12H2,1H3,(H,21,22)/t15-,16+/m1/s1. The number of rotatable bonds is 2. The molecule has 2 aliphatic heterocycles. The van der Waals surface area contributed by atoms with Crippen LogP contribution in [0.1, 0.15) is 35.4 Å². The maximum absolute atomic E-state index is 13.0. The van der Waals surface area contributed by atoms with Crippen molar-refractivity contribution in [1.82, 2.24) is 14.9 Å². The first-order valence-electron chi connectivity index (χ1n) is 9.39. The lowest BCUT2D eigenvalue weighted by molar-refractivity contribution is -0.185. The van der Waals surface area contributed by atoms with Gasteiger partial charge in [-0.1, -0.05) is 30.3 Å². The maximum Gasteiger partial charge on any atom is 0.274 e. The molecule has 0 saturated carbocycles. The van der Waals surface area contributed by atoms with E-state index in [-0.39, 0.29) is 12.5 Å². The fourth-order valence-corrected chi connectivity index (χ4v) is 3.97. The Bertz CT molecular complexity index is 812. The fourth-order valence-electron chi connectivity index (χ4n) is 3.97. The summed E-state index contributed by atoms with van der Waals surface area (Å²) in [5, 5.41) is 19.6. The van der Waals surface area contributed by atoms with Crippen molar-refractivity contribution in [2.75, 3.05) is 19.7 Å². The van der Waals surface area contributed by atoms with Gasteiger partial charge in [0.15, 0.2) is 0 Å². The van der Waals surface area contributed by atoms with Crippen molar-refractivity contribution in [3.05, 3.63) is 41.7 Å². The Morgan fingerprint density at radius 3 is 2.59 bits per heavy atom. The van der Waals surface area contributed by atoms with Crippen LogP contribution in [0.2, 0.25) is 0 Å². The summed E-state index contributed by atoms with van der Waals surface area (Å²) >= 11 is 0. The number of amides is 1. The van der Waals surface area contributed by atoms with Gasteiger partial charge < -0.3 is 24.8 Å². The average molecular weight is 371 g/mol. The van der Waals surface area contributed by atoms with E-state index in [1.165, 1.54) is 0 Å². The number of hydrogen-bond acceptors (Lipinski definition) is 5. The Labute approximate surface area is 158 Å². The van der Waals surface area contributed by atoms with E-state index in [9.17, 15) is 15.0 Å². The predicted octanol–water partition coefficient (Wildman–Crippen LogP) is 1.50. The summed E-state index contributed by atoms with van der Waals surface area (Å²) in [6.07, 6.45) is 0.131. The Morgan fingerprint density at radius 2 is 1.93 bits per heavy atom. The molecule has 0 aliphatic carbocycles. The van der Waals surface area contributed by atoms with Crippen molar-refractivity contribution in [3.63, 3.8) is 0 Å². The summed E-state index contributed by atoms with van der Waals surface area (Å²) in [6, 6.07) is 9.73. The predicted molar refractivity (Wildman–Crippen MR) is 99.2 cm³/mol. The van der Waals surface area contributed by atoms with Crippen LogP contribution in [-0.4, -0.2) is 68.5 Å². The van der Waals surface area contributed by atoms with Crippen molar-refractivity contribution in [3.8, 4) is 11.4 Å².